The fraction of sp³-hybridized carbons (Fsp3) is 0.250. The topological polar surface area (TPSA) is 92.0 Å². The first-order valence-corrected chi connectivity index (χ1v) is 13.6. The minimum Gasteiger partial charge on any atom is -0.330 e. The first-order valence-electron chi connectivity index (χ1n) is 10.9. The number of pyridine rings is 2. The first kappa shape index (κ1) is 24.7. The number of hydrogen-bond donors (Lipinski definition) is 1. The monoisotopic (exact) mass is 532 g/mol. The van der Waals surface area contributed by atoms with Gasteiger partial charge in [0.05, 0.1) is 23.7 Å². The zero-order valence-electron chi connectivity index (χ0n) is 18.8. The molecule has 0 spiro atoms. The molecular weight excluding hydrogens is 510 g/mol. The van der Waals surface area contributed by atoms with E-state index in [1.54, 1.807) is 23.0 Å². The largest absolute Gasteiger partial charge is 0.331 e. The van der Waals surface area contributed by atoms with Crippen LogP contribution in [0.3, 0.4) is 0 Å². The molecule has 1 fully saturated rings. The number of benzene rings is 1. The van der Waals surface area contributed by atoms with E-state index in [0.29, 0.717) is 28.1 Å². The lowest BCUT2D eigenvalue weighted by molar-refractivity contribution is 0.138. The van der Waals surface area contributed by atoms with Crippen molar-refractivity contribution < 1.29 is 23.0 Å². The number of halogens is 1. The third-order valence-corrected chi connectivity index (χ3v) is 8.11. The first-order chi connectivity index (χ1) is 17.0. The molecule has 0 saturated carbocycles. The zero-order valence-corrected chi connectivity index (χ0v) is 21.4. The highest BCUT2D eigenvalue weighted by Crippen LogP contribution is 2.45. The second-order valence-corrected chi connectivity index (χ2v) is 10.9. The van der Waals surface area contributed by atoms with Gasteiger partial charge in [0.25, 0.3) is 0 Å². The van der Waals surface area contributed by atoms with Crippen LogP contribution < -0.4 is 10.7 Å². The van der Waals surface area contributed by atoms with E-state index in [9.17, 15) is 9.69 Å². The molecule has 5 rings (SSSR count). The summed E-state index contributed by atoms with van der Waals surface area (Å²) in [4.78, 5) is 26.9. The molecule has 1 aliphatic heterocycles. The molecular formula is C24H23ClN2O6P2. The predicted octanol–water partition coefficient (Wildman–Crippen LogP) is 5.14. The number of hydrogen-bond acceptors (Lipinski definition) is 7. The van der Waals surface area contributed by atoms with Crippen molar-refractivity contribution in [1.82, 2.24) is 9.55 Å². The molecule has 3 atom stereocenters. The number of allylic oxidation sites excluding steroid dienone is 4. The van der Waals surface area contributed by atoms with Crippen molar-refractivity contribution in [2.24, 2.45) is 0 Å². The maximum Gasteiger partial charge on any atom is 0.331 e. The SMILES string of the molecule is COP(O)OCn1ccc(=O)c2ccc3cc(P4OCCC(C5=CCC=CC(Cl)=C5)O4)cnc3c21. The Morgan fingerprint density at radius 3 is 3.11 bits per heavy atom. The maximum atomic E-state index is 12.5. The summed E-state index contributed by atoms with van der Waals surface area (Å²) in [6.45, 7) is 0.582. The average molecular weight is 533 g/mol. The van der Waals surface area contributed by atoms with Gasteiger partial charge in [0.2, 0.25) is 8.38 Å². The summed E-state index contributed by atoms with van der Waals surface area (Å²) in [5.41, 5.74) is 2.20. The van der Waals surface area contributed by atoms with Crippen molar-refractivity contribution in [3.05, 3.63) is 81.8 Å². The fourth-order valence-electron chi connectivity index (χ4n) is 4.04. The highest BCUT2D eigenvalue weighted by molar-refractivity contribution is 7.56. The normalized spacial score (nSPS) is 21.6. The molecule has 182 valence electrons. The third-order valence-electron chi connectivity index (χ3n) is 5.70. The van der Waals surface area contributed by atoms with Crippen LogP contribution in [0.2, 0.25) is 0 Å². The lowest BCUT2D eigenvalue weighted by Gasteiger charge is -2.30. The van der Waals surface area contributed by atoms with Gasteiger partial charge in [0.15, 0.2) is 5.43 Å². The van der Waals surface area contributed by atoms with Crippen LogP contribution in [0.5, 0.6) is 0 Å². The van der Waals surface area contributed by atoms with Gasteiger partial charge in [-0.1, -0.05) is 29.8 Å². The summed E-state index contributed by atoms with van der Waals surface area (Å²) < 4.78 is 24.2. The third kappa shape index (κ3) is 5.41. The van der Waals surface area contributed by atoms with Crippen molar-refractivity contribution >= 4 is 55.7 Å². The number of fused-ring (bicyclic) bond motifs is 3. The van der Waals surface area contributed by atoms with Crippen LogP contribution in [0.25, 0.3) is 21.8 Å². The van der Waals surface area contributed by atoms with Crippen LogP contribution in [0, 0.1) is 0 Å². The van der Waals surface area contributed by atoms with Gasteiger partial charge in [0.1, 0.15) is 6.73 Å². The Labute approximate surface area is 209 Å². The van der Waals surface area contributed by atoms with Crippen molar-refractivity contribution in [3.63, 3.8) is 0 Å². The van der Waals surface area contributed by atoms with Crippen LogP contribution in [-0.4, -0.2) is 34.3 Å². The van der Waals surface area contributed by atoms with E-state index in [1.165, 1.54) is 13.2 Å². The quantitative estimate of drug-likeness (QED) is 0.347. The Kier molecular flexibility index (Phi) is 7.73. The van der Waals surface area contributed by atoms with Gasteiger partial charge in [-0.15, -0.1) is 0 Å². The smallest absolute Gasteiger partial charge is 0.330 e. The van der Waals surface area contributed by atoms with Crippen LogP contribution in [0.15, 0.2) is 76.4 Å². The summed E-state index contributed by atoms with van der Waals surface area (Å²) >= 11 is 6.26. The molecule has 1 aromatic carbocycles. The molecule has 1 N–H and O–H groups in total. The van der Waals surface area contributed by atoms with E-state index in [2.05, 4.69) is 6.08 Å². The predicted molar refractivity (Wildman–Crippen MR) is 139 cm³/mol. The van der Waals surface area contributed by atoms with Gasteiger partial charge in [0, 0.05) is 53.1 Å². The molecule has 3 heterocycles. The van der Waals surface area contributed by atoms with E-state index < -0.39 is 17.0 Å². The minimum absolute atomic E-state index is 0.00995. The minimum atomic E-state index is -2.01. The van der Waals surface area contributed by atoms with Gasteiger partial charge >= 0.3 is 8.60 Å². The molecule has 0 amide bonds. The molecule has 3 aromatic rings. The molecule has 3 unspecified atom stereocenters. The van der Waals surface area contributed by atoms with Crippen LogP contribution >= 0.6 is 28.6 Å². The molecule has 11 heteroatoms. The van der Waals surface area contributed by atoms with Crippen molar-refractivity contribution in [1.29, 1.82) is 0 Å². The molecule has 1 aliphatic carbocycles. The Hall–Kier alpha value is -1.99. The van der Waals surface area contributed by atoms with Crippen molar-refractivity contribution in [3.8, 4) is 0 Å². The van der Waals surface area contributed by atoms with Gasteiger partial charge in [-0.2, -0.15) is 0 Å². The van der Waals surface area contributed by atoms with Crippen LogP contribution in [0.1, 0.15) is 12.8 Å². The number of nitrogens with zero attached hydrogens (tertiary/aromatic N) is 2. The van der Waals surface area contributed by atoms with Crippen LogP contribution in [-0.2, 0) is 24.8 Å². The Morgan fingerprint density at radius 1 is 1.37 bits per heavy atom. The van der Waals surface area contributed by atoms with E-state index in [0.717, 1.165) is 29.1 Å². The molecule has 0 radical (unpaired) electrons. The van der Waals surface area contributed by atoms with E-state index in [1.807, 2.05) is 30.4 Å². The van der Waals surface area contributed by atoms with Gasteiger partial charge in [-0.25, -0.2) is 0 Å². The summed E-state index contributed by atoms with van der Waals surface area (Å²) in [6.07, 6.45) is 12.8. The number of aromatic nitrogens is 2. The fourth-order valence-corrected chi connectivity index (χ4v) is 6.04. The van der Waals surface area contributed by atoms with Crippen molar-refractivity contribution in [2.45, 2.75) is 25.7 Å². The second kappa shape index (κ2) is 11.0. The summed E-state index contributed by atoms with van der Waals surface area (Å²) in [5, 5.41) is 2.88. The summed E-state index contributed by atoms with van der Waals surface area (Å²) in [5.74, 6) is 0. The van der Waals surface area contributed by atoms with Gasteiger partial charge in [-0.3, -0.25) is 14.3 Å². The lowest BCUT2D eigenvalue weighted by atomic mass is 10.1. The van der Waals surface area contributed by atoms with Gasteiger partial charge < -0.3 is 23.0 Å². The molecule has 1 saturated heterocycles. The Balaban J connectivity index is 1.47. The molecule has 0 bridgehead atoms. The molecule has 35 heavy (non-hydrogen) atoms. The van der Waals surface area contributed by atoms with E-state index in [4.69, 9.17) is 34.7 Å². The molecule has 8 nitrogen and oxygen atoms in total. The lowest BCUT2D eigenvalue weighted by Crippen LogP contribution is -2.24. The molecule has 2 aromatic heterocycles. The Morgan fingerprint density at radius 2 is 2.26 bits per heavy atom. The maximum absolute atomic E-state index is 12.5. The summed E-state index contributed by atoms with van der Waals surface area (Å²) in [7, 11) is -1.98. The highest BCUT2D eigenvalue weighted by atomic mass is 35.5. The van der Waals surface area contributed by atoms with E-state index in [-0.39, 0.29) is 18.3 Å². The van der Waals surface area contributed by atoms with E-state index >= 15 is 0 Å². The highest BCUT2D eigenvalue weighted by Gasteiger charge is 2.28. The summed E-state index contributed by atoms with van der Waals surface area (Å²) in [6, 6.07) is 7.09. The number of rotatable bonds is 6. The standard InChI is InChI=1S/C24H23ClN2O6P2/c1-30-35(29)32-15-27-10-8-21(28)20-7-6-17-13-19(14-26-23(17)24(20)27)34-31-11-9-22(33-34)16-4-2-3-5-18(25)12-16/h3-8,10,12-14,22,29H,2,9,11,15H2,1H3. The van der Waals surface area contributed by atoms with Gasteiger partial charge in [-0.05, 0) is 36.3 Å². The van der Waals surface area contributed by atoms with Crippen molar-refractivity contribution in [2.75, 3.05) is 13.7 Å². The Bertz CT molecular complexity index is 1410. The molecule has 2 aliphatic rings. The average Bonchev–Trinajstić information content (AvgIpc) is 3.12. The van der Waals surface area contributed by atoms with Crippen LogP contribution in [0.4, 0.5) is 0 Å². The zero-order chi connectivity index (χ0) is 24.4. The second-order valence-electron chi connectivity index (χ2n) is 7.90.